The van der Waals surface area contributed by atoms with Crippen molar-refractivity contribution in [1.29, 1.82) is 0 Å². The molecule has 202 valence electrons. The van der Waals surface area contributed by atoms with Crippen LogP contribution in [0.5, 0.6) is 5.75 Å². The number of esters is 1. The highest BCUT2D eigenvalue weighted by Crippen LogP contribution is 2.32. The van der Waals surface area contributed by atoms with Gasteiger partial charge in [0.1, 0.15) is 11.4 Å². The average molecular weight is 531 g/mol. The summed E-state index contributed by atoms with van der Waals surface area (Å²) in [5.74, 6) is -0.590. The molecule has 0 bridgehead atoms. The Morgan fingerprint density at radius 1 is 1.08 bits per heavy atom. The van der Waals surface area contributed by atoms with Crippen LogP contribution < -0.4 is 5.69 Å². The molecule has 1 saturated heterocycles. The lowest BCUT2D eigenvalue weighted by molar-refractivity contribution is 0.0288. The minimum absolute atomic E-state index is 0.0561. The number of hydrogen-bond donors (Lipinski definition) is 1. The molecule has 1 N–H and O–H groups in total. The Kier molecular flexibility index (Phi) is 6.63. The van der Waals surface area contributed by atoms with Crippen molar-refractivity contribution in [3.8, 4) is 22.6 Å². The van der Waals surface area contributed by atoms with E-state index in [2.05, 4.69) is 4.98 Å². The van der Waals surface area contributed by atoms with Gasteiger partial charge in [-0.15, -0.1) is 0 Å². The molecule has 2 aromatic heterocycles. The van der Waals surface area contributed by atoms with Crippen molar-refractivity contribution in [3.63, 3.8) is 0 Å². The normalized spacial score (nSPS) is 15.5. The van der Waals surface area contributed by atoms with E-state index in [0.29, 0.717) is 47.5 Å². The number of phenols is 1. The smallest absolute Gasteiger partial charge is 0.410 e. The van der Waals surface area contributed by atoms with E-state index in [1.165, 1.54) is 13.2 Å². The molecular formula is C29H30N4O6. The van der Waals surface area contributed by atoms with Crippen LogP contribution >= 0.6 is 0 Å². The van der Waals surface area contributed by atoms with Gasteiger partial charge in [-0.3, -0.25) is 9.13 Å². The molecule has 0 saturated carbocycles. The molecule has 10 heteroatoms. The molecule has 10 nitrogen and oxygen atoms in total. The fourth-order valence-electron chi connectivity index (χ4n) is 4.88. The standard InChI is InChI=1S/C29H30N4O6/c1-29(2,3)39-28(37)31-15-13-21(17-31)33-25-23(6-5-14-30-25)32(27(33)36)20-10-7-18(8-11-20)22-12-9-19(16-24(22)34)26(35)38-4/h5-12,14,16,21,34H,13,15,17H2,1-4H3/t21-/m0/s1. The maximum Gasteiger partial charge on any atom is 0.410 e. The van der Waals surface area contributed by atoms with E-state index < -0.39 is 17.7 Å². The van der Waals surface area contributed by atoms with Gasteiger partial charge >= 0.3 is 17.8 Å². The lowest BCUT2D eigenvalue weighted by atomic mass is 10.0. The van der Waals surface area contributed by atoms with Gasteiger partial charge in [-0.2, -0.15) is 0 Å². The third-order valence-electron chi connectivity index (χ3n) is 6.67. The third-order valence-corrected chi connectivity index (χ3v) is 6.67. The number of phenolic OH excluding ortho intramolecular Hbond substituents is 1. The largest absolute Gasteiger partial charge is 0.507 e. The zero-order chi connectivity index (χ0) is 27.9. The number of amides is 1. The summed E-state index contributed by atoms with van der Waals surface area (Å²) in [6.07, 6.45) is 1.86. The highest BCUT2D eigenvalue weighted by molar-refractivity contribution is 5.91. The first-order valence-electron chi connectivity index (χ1n) is 12.7. The number of pyridine rings is 1. The van der Waals surface area contributed by atoms with Gasteiger partial charge in [-0.05, 0) is 75.2 Å². The SMILES string of the molecule is COC(=O)c1ccc(-c2ccc(-n3c(=O)n([C@H]4CCN(C(=O)OC(C)(C)C)C4)c4ncccc43)cc2)c(O)c1. The number of hydrogen-bond acceptors (Lipinski definition) is 7. The summed E-state index contributed by atoms with van der Waals surface area (Å²) in [5.41, 5.74) is 2.47. The van der Waals surface area contributed by atoms with Crippen LogP contribution in [0.1, 0.15) is 43.6 Å². The minimum Gasteiger partial charge on any atom is -0.507 e. The molecule has 1 amide bonds. The maximum absolute atomic E-state index is 13.8. The molecule has 3 heterocycles. The number of methoxy groups -OCH3 is 1. The number of fused-ring (bicyclic) bond motifs is 1. The van der Waals surface area contributed by atoms with Gasteiger partial charge in [0.2, 0.25) is 0 Å². The van der Waals surface area contributed by atoms with Crippen molar-refractivity contribution >= 4 is 23.2 Å². The number of likely N-dealkylation sites (tertiary alicyclic amines) is 1. The van der Waals surface area contributed by atoms with E-state index >= 15 is 0 Å². The Hall–Kier alpha value is -4.60. The van der Waals surface area contributed by atoms with E-state index in [1.807, 2.05) is 26.8 Å². The van der Waals surface area contributed by atoms with E-state index in [4.69, 9.17) is 9.47 Å². The Morgan fingerprint density at radius 2 is 1.82 bits per heavy atom. The molecule has 4 aromatic rings. The first-order valence-corrected chi connectivity index (χ1v) is 12.7. The summed E-state index contributed by atoms with van der Waals surface area (Å²) in [4.78, 5) is 44.3. The van der Waals surface area contributed by atoms with Gasteiger partial charge < -0.3 is 19.5 Å². The predicted molar refractivity (Wildman–Crippen MR) is 145 cm³/mol. The van der Waals surface area contributed by atoms with Gasteiger partial charge in [0.15, 0.2) is 5.65 Å². The number of nitrogens with zero attached hydrogens (tertiary/aromatic N) is 4. The quantitative estimate of drug-likeness (QED) is 0.386. The van der Waals surface area contributed by atoms with Crippen LogP contribution in [0.15, 0.2) is 65.6 Å². The van der Waals surface area contributed by atoms with Gasteiger partial charge in [0.25, 0.3) is 0 Å². The molecule has 39 heavy (non-hydrogen) atoms. The maximum atomic E-state index is 13.8. The first kappa shape index (κ1) is 26.0. The van der Waals surface area contributed by atoms with Gasteiger partial charge in [0, 0.05) is 24.8 Å². The highest BCUT2D eigenvalue weighted by atomic mass is 16.6. The summed E-state index contributed by atoms with van der Waals surface area (Å²) < 4.78 is 13.5. The van der Waals surface area contributed by atoms with Crippen molar-refractivity contribution in [1.82, 2.24) is 19.0 Å². The second kappa shape index (κ2) is 9.94. The van der Waals surface area contributed by atoms with Crippen LogP contribution in [-0.2, 0) is 9.47 Å². The number of ether oxygens (including phenoxy) is 2. The van der Waals surface area contributed by atoms with Crippen molar-refractivity contribution in [2.75, 3.05) is 20.2 Å². The van der Waals surface area contributed by atoms with Gasteiger partial charge in [-0.1, -0.05) is 12.1 Å². The minimum atomic E-state index is -0.601. The summed E-state index contributed by atoms with van der Waals surface area (Å²) >= 11 is 0. The molecule has 0 unspecified atom stereocenters. The monoisotopic (exact) mass is 530 g/mol. The second-order valence-electron chi connectivity index (χ2n) is 10.5. The molecule has 0 spiro atoms. The van der Waals surface area contributed by atoms with E-state index in [1.54, 1.807) is 62.7 Å². The summed E-state index contributed by atoms with van der Waals surface area (Å²) in [6.45, 7) is 6.31. The van der Waals surface area contributed by atoms with Crippen molar-refractivity contribution in [2.24, 2.45) is 0 Å². The number of rotatable bonds is 4. The highest BCUT2D eigenvalue weighted by Gasteiger charge is 2.33. The Morgan fingerprint density at radius 3 is 2.49 bits per heavy atom. The number of aromatic nitrogens is 3. The summed E-state index contributed by atoms with van der Waals surface area (Å²) in [6, 6.07) is 15.2. The third kappa shape index (κ3) is 4.97. The van der Waals surface area contributed by atoms with Crippen LogP contribution in [0.25, 0.3) is 28.0 Å². The van der Waals surface area contributed by atoms with Crippen molar-refractivity contribution < 1.29 is 24.2 Å². The zero-order valence-electron chi connectivity index (χ0n) is 22.2. The molecule has 1 atom stereocenters. The first-order chi connectivity index (χ1) is 18.6. The van der Waals surface area contributed by atoms with Crippen LogP contribution in [0, 0.1) is 0 Å². The molecule has 1 fully saturated rings. The number of imidazole rings is 1. The van der Waals surface area contributed by atoms with Crippen LogP contribution in [-0.4, -0.2) is 62.0 Å². The molecule has 5 rings (SSSR count). The van der Waals surface area contributed by atoms with Crippen LogP contribution in [0.4, 0.5) is 4.79 Å². The second-order valence-corrected chi connectivity index (χ2v) is 10.5. The number of carbonyl (C=O) groups is 2. The van der Waals surface area contributed by atoms with Gasteiger partial charge in [0.05, 0.1) is 29.9 Å². The predicted octanol–water partition coefficient (Wildman–Crippen LogP) is 4.53. The van der Waals surface area contributed by atoms with E-state index in [0.717, 1.165) is 0 Å². The Bertz CT molecular complexity index is 1610. The Balaban J connectivity index is 1.47. The number of aromatic hydroxyl groups is 1. The molecule has 1 aliphatic rings. The summed E-state index contributed by atoms with van der Waals surface area (Å²) in [7, 11) is 1.28. The fraction of sp³-hybridized carbons (Fsp3) is 0.310. The van der Waals surface area contributed by atoms with Crippen LogP contribution in [0.3, 0.4) is 0 Å². The fourth-order valence-corrected chi connectivity index (χ4v) is 4.88. The molecule has 1 aliphatic heterocycles. The van der Waals surface area contributed by atoms with Crippen LogP contribution in [0.2, 0.25) is 0 Å². The Labute approximate surface area is 225 Å². The van der Waals surface area contributed by atoms with E-state index in [9.17, 15) is 19.5 Å². The lowest BCUT2D eigenvalue weighted by Crippen LogP contribution is -2.36. The number of benzene rings is 2. The molecular weight excluding hydrogens is 500 g/mol. The molecule has 2 aromatic carbocycles. The number of carbonyl (C=O) groups excluding carboxylic acids is 2. The molecule has 0 aliphatic carbocycles. The van der Waals surface area contributed by atoms with Crippen molar-refractivity contribution in [2.45, 2.75) is 38.8 Å². The van der Waals surface area contributed by atoms with E-state index in [-0.39, 0.29) is 23.0 Å². The summed E-state index contributed by atoms with van der Waals surface area (Å²) in [5, 5.41) is 10.5. The zero-order valence-corrected chi connectivity index (χ0v) is 22.2. The van der Waals surface area contributed by atoms with Crippen molar-refractivity contribution in [3.05, 3.63) is 76.8 Å². The topological polar surface area (TPSA) is 116 Å². The average Bonchev–Trinajstić information content (AvgIpc) is 3.49. The molecule has 0 radical (unpaired) electrons. The van der Waals surface area contributed by atoms with Gasteiger partial charge in [-0.25, -0.2) is 19.4 Å². The lowest BCUT2D eigenvalue weighted by Gasteiger charge is -2.24.